The number of fused-ring (bicyclic) bond motifs is 3. The number of rotatable bonds is 3. The molecule has 0 radical (unpaired) electrons. The van der Waals surface area contributed by atoms with E-state index in [9.17, 15) is 4.39 Å². The third kappa shape index (κ3) is 3.14. The normalized spacial score (nSPS) is 11.5. The van der Waals surface area contributed by atoms with Gasteiger partial charge in [-0.25, -0.2) is 9.37 Å². The van der Waals surface area contributed by atoms with Gasteiger partial charge in [0.25, 0.3) is 0 Å². The highest BCUT2D eigenvalue weighted by atomic mass is 19.1. The molecule has 0 spiro atoms. The van der Waals surface area contributed by atoms with Crippen molar-refractivity contribution in [1.29, 1.82) is 0 Å². The number of aryl methyl sites for hydroxylation is 3. The van der Waals surface area contributed by atoms with Gasteiger partial charge in [0.15, 0.2) is 0 Å². The van der Waals surface area contributed by atoms with Crippen LogP contribution < -0.4 is 0 Å². The Bertz CT molecular complexity index is 1670. The predicted octanol–water partition coefficient (Wildman–Crippen LogP) is 7.70. The van der Waals surface area contributed by atoms with Gasteiger partial charge in [-0.3, -0.25) is 4.57 Å². The molecular formula is C30H24FN3. The van der Waals surface area contributed by atoms with E-state index in [1.807, 2.05) is 36.7 Å². The molecule has 166 valence electrons. The standard InChI is InChI=1S/C30H24FN3/c1-19-15-20(2)29(21(3)16-19)33-14-13-32-30(33)22-9-11-27-25(17-22)26-18-23(31)10-12-28(26)34(27)24-7-5-4-6-8-24/h4-18H,1-3H3. The first-order chi connectivity index (χ1) is 16.5. The summed E-state index contributed by atoms with van der Waals surface area (Å²) in [5.41, 5.74) is 8.88. The van der Waals surface area contributed by atoms with Gasteiger partial charge in [0.1, 0.15) is 11.6 Å². The molecule has 6 rings (SSSR count). The number of hydrogen-bond acceptors (Lipinski definition) is 1. The van der Waals surface area contributed by atoms with Gasteiger partial charge in [0.2, 0.25) is 0 Å². The highest BCUT2D eigenvalue weighted by Gasteiger charge is 2.17. The first-order valence-electron chi connectivity index (χ1n) is 11.4. The Morgan fingerprint density at radius 3 is 2.15 bits per heavy atom. The molecule has 34 heavy (non-hydrogen) atoms. The molecular weight excluding hydrogens is 421 g/mol. The van der Waals surface area contributed by atoms with Crippen LogP contribution >= 0.6 is 0 Å². The van der Waals surface area contributed by atoms with Crippen LogP contribution in [0.25, 0.3) is 44.6 Å². The summed E-state index contributed by atoms with van der Waals surface area (Å²) in [5.74, 6) is 0.631. The van der Waals surface area contributed by atoms with Crippen LogP contribution in [0.5, 0.6) is 0 Å². The van der Waals surface area contributed by atoms with Crippen LogP contribution in [-0.4, -0.2) is 14.1 Å². The van der Waals surface area contributed by atoms with Crippen LogP contribution in [0.3, 0.4) is 0 Å². The van der Waals surface area contributed by atoms with Crippen LogP contribution in [0.1, 0.15) is 16.7 Å². The van der Waals surface area contributed by atoms with E-state index >= 15 is 0 Å². The van der Waals surface area contributed by atoms with Crippen molar-refractivity contribution >= 4 is 21.8 Å². The quantitative estimate of drug-likeness (QED) is 0.274. The van der Waals surface area contributed by atoms with Crippen LogP contribution in [0.4, 0.5) is 4.39 Å². The SMILES string of the molecule is Cc1cc(C)c(-n2ccnc2-c2ccc3c(c2)c2cc(F)ccc2n3-c2ccccc2)c(C)c1. The predicted molar refractivity (Wildman–Crippen MR) is 138 cm³/mol. The first kappa shape index (κ1) is 20.4. The largest absolute Gasteiger partial charge is 0.309 e. The van der Waals surface area contributed by atoms with Gasteiger partial charge in [0, 0.05) is 34.4 Å². The van der Waals surface area contributed by atoms with Crippen LogP contribution in [0.2, 0.25) is 0 Å². The topological polar surface area (TPSA) is 22.8 Å². The molecule has 0 saturated heterocycles. The van der Waals surface area contributed by atoms with Gasteiger partial charge in [-0.05, 0) is 80.4 Å². The number of halogens is 1. The van der Waals surface area contributed by atoms with E-state index in [1.165, 1.54) is 22.8 Å². The molecule has 0 aliphatic carbocycles. The molecule has 0 bridgehead atoms. The van der Waals surface area contributed by atoms with E-state index in [4.69, 9.17) is 4.98 Å². The second-order valence-corrected chi connectivity index (χ2v) is 8.93. The van der Waals surface area contributed by atoms with E-state index in [1.54, 1.807) is 6.07 Å². The molecule has 3 nitrogen and oxygen atoms in total. The molecule has 0 aliphatic rings. The zero-order valence-electron chi connectivity index (χ0n) is 19.4. The van der Waals surface area contributed by atoms with Gasteiger partial charge < -0.3 is 4.57 Å². The Kier molecular flexibility index (Phi) is 4.63. The van der Waals surface area contributed by atoms with Crippen molar-refractivity contribution < 1.29 is 4.39 Å². The van der Waals surface area contributed by atoms with Crippen molar-refractivity contribution in [3.05, 3.63) is 114 Å². The van der Waals surface area contributed by atoms with E-state index in [2.05, 4.69) is 72.4 Å². The monoisotopic (exact) mass is 445 g/mol. The maximum Gasteiger partial charge on any atom is 0.144 e. The second kappa shape index (κ2) is 7.70. The van der Waals surface area contributed by atoms with E-state index in [0.717, 1.165) is 44.6 Å². The molecule has 4 heteroatoms. The molecule has 0 saturated carbocycles. The summed E-state index contributed by atoms with van der Waals surface area (Å²) in [7, 11) is 0. The molecule has 0 fully saturated rings. The number of aromatic nitrogens is 3. The average molecular weight is 446 g/mol. The molecule has 2 aromatic heterocycles. The van der Waals surface area contributed by atoms with Crippen molar-refractivity contribution in [1.82, 2.24) is 14.1 Å². The van der Waals surface area contributed by atoms with Gasteiger partial charge in [0.05, 0.1) is 16.7 Å². The lowest BCUT2D eigenvalue weighted by atomic mass is 10.0. The average Bonchev–Trinajstić information content (AvgIpc) is 3.41. The third-order valence-corrected chi connectivity index (χ3v) is 6.52. The van der Waals surface area contributed by atoms with Gasteiger partial charge in [-0.2, -0.15) is 0 Å². The van der Waals surface area contributed by atoms with Gasteiger partial charge in [-0.1, -0.05) is 35.9 Å². The minimum Gasteiger partial charge on any atom is -0.309 e. The molecule has 0 unspecified atom stereocenters. The Labute approximate surface area is 197 Å². The van der Waals surface area contributed by atoms with Crippen molar-refractivity contribution in [3.8, 4) is 22.8 Å². The molecule has 4 aromatic carbocycles. The summed E-state index contributed by atoms with van der Waals surface area (Å²) in [6.45, 7) is 6.39. The van der Waals surface area contributed by atoms with Crippen molar-refractivity contribution in [2.45, 2.75) is 20.8 Å². The van der Waals surface area contributed by atoms with Crippen LogP contribution in [0.15, 0.2) is 91.3 Å². The lowest BCUT2D eigenvalue weighted by molar-refractivity contribution is 0.629. The van der Waals surface area contributed by atoms with Gasteiger partial charge >= 0.3 is 0 Å². The Morgan fingerprint density at radius 2 is 1.41 bits per heavy atom. The molecule has 0 aliphatic heterocycles. The summed E-state index contributed by atoms with van der Waals surface area (Å²) < 4.78 is 18.7. The summed E-state index contributed by atoms with van der Waals surface area (Å²) in [6.07, 6.45) is 3.85. The Hall–Kier alpha value is -4.18. The van der Waals surface area contributed by atoms with E-state index in [-0.39, 0.29) is 5.82 Å². The lowest BCUT2D eigenvalue weighted by Gasteiger charge is -2.15. The highest BCUT2D eigenvalue weighted by Crippen LogP contribution is 2.36. The summed E-state index contributed by atoms with van der Waals surface area (Å²) in [4.78, 5) is 4.72. The minimum atomic E-state index is -0.239. The lowest BCUT2D eigenvalue weighted by Crippen LogP contribution is -2.02. The molecule has 0 amide bonds. The Morgan fingerprint density at radius 1 is 0.735 bits per heavy atom. The molecule has 6 aromatic rings. The third-order valence-electron chi connectivity index (χ3n) is 6.52. The maximum absolute atomic E-state index is 14.3. The van der Waals surface area contributed by atoms with E-state index < -0.39 is 0 Å². The smallest absolute Gasteiger partial charge is 0.144 e. The fourth-order valence-corrected chi connectivity index (χ4v) is 5.24. The number of nitrogens with zero attached hydrogens (tertiary/aromatic N) is 3. The van der Waals surface area contributed by atoms with Crippen molar-refractivity contribution in [2.75, 3.05) is 0 Å². The van der Waals surface area contributed by atoms with Crippen molar-refractivity contribution in [3.63, 3.8) is 0 Å². The number of imidazole rings is 1. The van der Waals surface area contributed by atoms with Crippen molar-refractivity contribution in [2.24, 2.45) is 0 Å². The number of hydrogen-bond donors (Lipinski definition) is 0. The van der Waals surface area contributed by atoms with E-state index in [0.29, 0.717) is 0 Å². The van der Waals surface area contributed by atoms with Crippen LogP contribution in [-0.2, 0) is 0 Å². The summed E-state index contributed by atoms with van der Waals surface area (Å²) in [6, 6.07) is 26.0. The number of benzene rings is 4. The highest BCUT2D eigenvalue weighted by molar-refractivity contribution is 6.10. The summed E-state index contributed by atoms with van der Waals surface area (Å²) in [5, 5.41) is 1.89. The zero-order valence-corrected chi connectivity index (χ0v) is 19.4. The summed E-state index contributed by atoms with van der Waals surface area (Å²) >= 11 is 0. The molecule has 2 heterocycles. The first-order valence-corrected chi connectivity index (χ1v) is 11.4. The number of para-hydroxylation sites is 1. The fourth-order valence-electron chi connectivity index (χ4n) is 5.24. The second-order valence-electron chi connectivity index (χ2n) is 8.93. The Balaban J connectivity index is 1.61. The van der Waals surface area contributed by atoms with Gasteiger partial charge in [-0.15, -0.1) is 0 Å². The fraction of sp³-hybridized carbons (Fsp3) is 0.100. The maximum atomic E-state index is 14.3. The zero-order chi connectivity index (χ0) is 23.4. The molecule has 0 N–H and O–H groups in total. The van der Waals surface area contributed by atoms with Crippen LogP contribution in [0, 0.1) is 26.6 Å². The minimum absolute atomic E-state index is 0.239. The molecule has 0 atom stereocenters.